The van der Waals surface area contributed by atoms with Gasteiger partial charge in [-0.2, -0.15) is 0 Å². The summed E-state index contributed by atoms with van der Waals surface area (Å²) in [6, 6.07) is 7.65. The summed E-state index contributed by atoms with van der Waals surface area (Å²) in [4.78, 5) is 23.1. The SMILES string of the molecule is Cc1nc2ccccc2nc1C(=O)N1CCCC1. The number of hydrogen-bond donors (Lipinski definition) is 0. The molecule has 2 heterocycles. The van der Waals surface area contributed by atoms with E-state index in [1.165, 1.54) is 0 Å². The predicted molar refractivity (Wildman–Crippen MR) is 69.4 cm³/mol. The molecule has 0 aliphatic carbocycles. The summed E-state index contributed by atoms with van der Waals surface area (Å²) in [5.74, 6) is 0.0169. The maximum absolute atomic E-state index is 12.3. The van der Waals surface area contributed by atoms with Gasteiger partial charge in [0.05, 0.1) is 16.7 Å². The molecule has 0 N–H and O–H groups in total. The van der Waals surface area contributed by atoms with Crippen molar-refractivity contribution >= 4 is 16.9 Å². The van der Waals surface area contributed by atoms with E-state index < -0.39 is 0 Å². The van der Waals surface area contributed by atoms with Crippen molar-refractivity contribution in [3.63, 3.8) is 0 Å². The number of nitrogens with zero attached hydrogens (tertiary/aromatic N) is 3. The fourth-order valence-electron chi connectivity index (χ4n) is 2.36. The molecule has 18 heavy (non-hydrogen) atoms. The second-order valence-electron chi connectivity index (χ2n) is 4.65. The molecule has 1 aliphatic rings. The lowest BCUT2D eigenvalue weighted by molar-refractivity contribution is 0.0786. The molecular formula is C14H15N3O. The standard InChI is InChI=1S/C14H15N3O/c1-10-13(14(18)17-8-4-5-9-17)16-12-7-3-2-6-11(12)15-10/h2-3,6-7H,4-5,8-9H2,1H3. The van der Waals surface area contributed by atoms with E-state index in [1.54, 1.807) is 0 Å². The Kier molecular flexibility index (Phi) is 2.70. The lowest BCUT2D eigenvalue weighted by Gasteiger charge is -2.15. The smallest absolute Gasteiger partial charge is 0.274 e. The Morgan fingerprint density at radius 2 is 1.72 bits per heavy atom. The number of aromatic nitrogens is 2. The third-order valence-corrected chi connectivity index (χ3v) is 3.34. The van der Waals surface area contributed by atoms with Gasteiger partial charge in [-0.3, -0.25) is 4.79 Å². The van der Waals surface area contributed by atoms with Crippen LogP contribution in [0.3, 0.4) is 0 Å². The summed E-state index contributed by atoms with van der Waals surface area (Å²) in [5, 5.41) is 0. The summed E-state index contributed by atoms with van der Waals surface area (Å²) in [6.45, 7) is 3.53. The van der Waals surface area contributed by atoms with Gasteiger partial charge in [-0.15, -0.1) is 0 Å². The zero-order valence-corrected chi connectivity index (χ0v) is 10.4. The molecule has 2 aromatic rings. The molecule has 0 unspecified atom stereocenters. The minimum Gasteiger partial charge on any atom is -0.337 e. The first kappa shape index (κ1) is 11.1. The number of fused-ring (bicyclic) bond motifs is 1. The third kappa shape index (κ3) is 1.83. The van der Waals surface area contributed by atoms with Crippen molar-refractivity contribution < 1.29 is 4.79 Å². The minimum atomic E-state index is 0.0169. The van der Waals surface area contributed by atoms with Crippen molar-refractivity contribution in [1.82, 2.24) is 14.9 Å². The van der Waals surface area contributed by atoms with Gasteiger partial charge in [-0.1, -0.05) is 12.1 Å². The number of aryl methyl sites for hydroxylation is 1. The highest BCUT2D eigenvalue weighted by Gasteiger charge is 2.22. The Labute approximate surface area is 106 Å². The van der Waals surface area contributed by atoms with Crippen LogP contribution < -0.4 is 0 Å². The Morgan fingerprint density at radius 3 is 2.39 bits per heavy atom. The molecule has 92 valence electrons. The van der Waals surface area contributed by atoms with E-state index in [0.717, 1.165) is 37.0 Å². The number of carbonyl (C=O) groups excluding carboxylic acids is 1. The zero-order chi connectivity index (χ0) is 12.5. The monoisotopic (exact) mass is 241 g/mol. The van der Waals surface area contributed by atoms with E-state index in [1.807, 2.05) is 36.1 Å². The number of benzene rings is 1. The number of likely N-dealkylation sites (tertiary alicyclic amines) is 1. The van der Waals surface area contributed by atoms with Crippen molar-refractivity contribution in [2.45, 2.75) is 19.8 Å². The number of carbonyl (C=O) groups is 1. The van der Waals surface area contributed by atoms with E-state index >= 15 is 0 Å². The van der Waals surface area contributed by atoms with Crippen LogP contribution in [0.15, 0.2) is 24.3 Å². The molecular weight excluding hydrogens is 226 g/mol. The Morgan fingerprint density at radius 1 is 1.11 bits per heavy atom. The summed E-state index contributed by atoms with van der Waals surface area (Å²) in [5.41, 5.74) is 2.83. The summed E-state index contributed by atoms with van der Waals surface area (Å²) in [7, 11) is 0. The quantitative estimate of drug-likeness (QED) is 0.768. The van der Waals surface area contributed by atoms with Gasteiger partial charge < -0.3 is 4.90 Å². The summed E-state index contributed by atoms with van der Waals surface area (Å²) < 4.78 is 0. The molecule has 0 radical (unpaired) electrons. The minimum absolute atomic E-state index is 0.0169. The van der Waals surface area contributed by atoms with Crippen LogP contribution in [0.2, 0.25) is 0 Å². The normalized spacial score (nSPS) is 15.3. The van der Waals surface area contributed by atoms with Crippen LogP contribution >= 0.6 is 0 Å². The first-order valence-electron chi connectivity index (χ1n) is 6.28. The summed E-state index contributed by atoms with van der Waals surface area (Å²) >= 11 is 0. The number of amides is 1. The molecule has 1 amide bonds. The van der Waals surface area contributed by atoms with Gasteiger partial charge in [-0.05, 0) is 31.9 Å². The van der Waals surface area contributed by atoms with Crippen LogP contribution in [0.1, 0.15) is 29.0 Å². The number of hydrogen-bond acceptors (Lipinski definition) is 3. The van der Waals surface area contributed by atoms with Gasteiger partial charge in [0.15, 0.2) is 0 Å². The molecule has 4 heteroatoms. The van der Waals surface area contributed by atoms with Crippen LogP contribution in [0.5, 0.6) is 0 Å². The molecule has 0 saturated carbocycles. The average molecular weight is 241 g/mol. The first-order valence-corrected chi connectivity index (χ1v) is 6.28. The van der Waals surface area contributed by atoms with Crippen molar-refractivity contribution in [2.24, 2.45) is 0 Å². The van der Waals surface area contributed by atoms with Crippen LogP contribution in [0.4, 0.5) is 0 Å². The van der Waals surface area contributed by atoms with E-state index in [9.17, 15) is 4.79 Å². The second-order valence-corrected chi connectivity index (χ2v) is 4.65. The number of para-hydroxylation sites is 2. The maximum atomic E-state index is 12.3. The van der Waals surface area contributed by atoms with Gasteiger partial charge in [0, 0.05) is 13.1 Å². The van der Waals surface area contributed by atoms with Gasteiger partial charge >= 0.3 is 0 Å². The lowest BCUT2D eigenvalue weighted by Crippen LogP contribution is -2.29. The highest BCUT2D eigenvalue weighted by atomic mass is 16.2. The molecule has 0 bridgehead atoms. The van der Waals surface area contributed by atoms with Crippen molar-refractivity contribution in [3.05, 3.63) is 35.7 Å². The average Bonchev–Trinajstić information content (AvgIpc) is 2.91. The molecule has 1 saturated heterocycles. The van der Waals surface area contributed by atoms with Crippen LogP contribution in [-0.4, -0.2) is 33.9 Å². The molecule has 4 nitrogen and oxygen atoms in total. The molecule has 1 fully saturated rings. The molecule has 1 aromatic carbocycles. The maximum Gasteiger partial charge on any atom is 0.274 e. The fourth-order valence-corrected chi connectivity index (χ4v) is 2.36. The van der Waals surface area contributed by atoms with Gasteiger partial charge in [0.25, 0.3) is 5.91 Å². The molecule has 1 aromatic heterocycles. The van der Waals surface area contributed by atoms with Gasteiger partial charge in [0.1, 0.15) is 5.69 Å². The van der Waals surface area contributed by atoms with E-state index in [2.05, 4.69) is 9.97 Å². The molecule has 0 spiro atoms. The van der Waals surface area contributed by atoms with Crippen LogP contribution in [0.25, 0.3) is 11.0 Å². The predicted octanol–water partition coefficient (Wildman–Crippen LogP) is 2.17. The van der Waals surface area contributed by atoms with Crippen molar-refractivity contribution in [1.29, 1.82) is 0 Å². The molecule has 0 atom stereocenters. The zero-order valence-electron chi connectivity index (χ0n) is 10.4. The Hall–Kier alpha value is -1.97. The first-order chi connectivity index (χ1) is 8.75. The molecule has 1 aliphatic heterocycles. The fraction of sp³-hybridized carbons (Fsp3) is 0.357. The van der Waals surface area contributed by atoms with E-state index in [0.29, 0.717) is 11.4 Å². The second kappa shape index (κ2) is 4.37. The van der Waals surface area contributed by atoms with Crippen molar-refractivity contribution in [3.8, 4) is 0 Å². The summed E-state index contributed by atoms with van der Waals surface area (Å²) in [6.07, 6.45) is 2.18. The van der Waals surface area contributed by atoms with Gasteiger partial charge in [-0.25, -0.2) is 9.97 Å². The number of rotatable bonds is 1. The highest BCUT2D eigenvalue weighted by Crippen LogP contribution is 2.16. The van der Waals surface area contributed by atoms with Crippen molar-refractivity contribution in [2.75, 3.05) is 13.1 Å². The Bertz CT molecular complexity index is 603. The molecule has 3 rings (SSSR count). The van der Waals surface area contributed by atoms with Crippen LogP contribution in [-0.2, 0) is 0 Å². The van der Waals surface area contributed by atoms with E-state index in [-0.39, 0.29) is 5.91 Å². The highest BCUT2D eigenvalue weighted by molar-refractivity contribution is 5.95. The van der Waals surface area contributed by atoms with E-state index in [4.69, 9.17) is 0 Å². The lowest BCUT2D eigenvalue weighted by atomic mass is 10.2. The largest absolute Gasteiger partial charge is 0.337 e. The van der Waals surface area contributed by atoms with Gasteiger partial charge in [0.2, 0.25) is 0 Å². The third-order valence-electron chi connectivity index (χ3n) is 3.34. The van der Waals surface area contributed by atoms with Crippen LogP contribution in [0, 0.1) is 6.92 Å². The Balaban J connectivity index is 2.05. The topological polar surface area (TPSA) is 46.1 Å².